The van der Waals surface area contributed by atoms with Crippen molar-refractivity contribution < 1.29 is 5.11 Å². The number of hydrogen-bond acceptors (Lipinski definition) is 3. The first kappa shape index (κ1) is 12.5. The van der Waals surface area contributed by atoms with Gasteiger partial charge in [-0.1, -0.05) is 15.9 Å². The van der Waals surface area contributed by atoms with Crippen LogP contribution in [-0.4, -0.2) is 24.3 Å². The highest BCUT2D eigenvalue weighted by Gasteiger charge is 2.06. The lowest BCUT2D eigenvalue weighted by molar-refractivity contribution is 0.276. The van der Waals surface area contributed by atoms with Crippen LogP contribution in [-0.2, 0) is 0 Å². The lowest BCUT2D eigenvalue weighted by atomic mass is 10.1. The molecule has 0 saturated heterocycles. The van der Waals surface area contributed by atoms with Gasteiger partial charge in [-0.2, -0.15) is 0 Å². The largest absolute Gasteiger partial charge is 0.394 e. The molecule has 0 heterocycles. The van der Waals surface area contributed by atoms with E-state index in [4.69, 9.17) is 10.8 Å². The monoisotopic (exact) mass is 272 g/mol. The molecule has 0 fully saturated rings. The molecule has 1 aromatic rings. The Kier molecular flexibility index (Phi) is 4.57. The highest BCUT2D eigenvalue weighted by atomic mass is 79.9. The minimum Gasteiger partial charge on any atom is -0.394 e. The van der Waals surface area contributed by atoms with Crippen molar-refractivity contribution in [1.82, 2.24) is 0 Å². The van der Waals surface area contributed by atoms with Crippen LogP contribution < -0.4 is 11.1 Å². The topological polar surface area (TPSA) is 58.3 Å². The Bertz CT molecular complexity index is 314. The van der Waals surface area contributed by atoms with Crippen LogP contribution in [0.3, 0.4) is 0 Å². The van der Waals surface area contributed by atoms with Crippen LogP contribution in [0.1, 0.15) is 11.1 Å². The molecule has 0 aliphatic heterocycles. The van der Waals surface area contributed by atoms with E-state index in [2.05, 4.69) is 21.2 Å². The van der Waals surface area contributed by atoms with Crippen LogP contribution in [0.25, 0.3) is 0 Å². The summed E-state index contributed by atoms with van der Waals surface area (Å²) in [6.45, 7) is 4.55. The third-order valence-electron chi connectivity index (χ3n) is 2.31. The van der Waals surface area contributed by atoms with Gasteiger partial charge in [0, 0.05) is 16.7 Å². The van der Waals surface area contributed by atoms with E-state index < -0.39 is 0 Å². The fourth-order valence-corrected chi connectivity index (χ4v) is 1.67. The van der Waals surface area contributed by atoms with E-state index >= 15 is 0 Å². The number of hydrogen-bond donors (Lipinski definition) is 3. The minimum atomic E-state index is -0.0787. The van der Waals surface area contributed by atoms with E-state index in [1.165, 1.54) is 11.1 Å². The summed E-state index contributed by atoms with van der Waals surface area (Å²) in [5.41, 5.74) is 8.85. The molecule has 4 N–H and O–H groups in total. The van der Waals surface area contributed by atoms with Crippen molar-refractivity contribution in [3.8, 4) is 0 Å². The number of nitrogens with two attached hydrogens (primary N) is 1. The van der Waals surface area contributed by atoms with E-state index in [0.29, 0.717) is 6.54 Å². The lowest BCUT2D eigenvalue weighted by Gasteiger charge is -2.17. The number of anilines is 1. The number of nitrogens with one attached hydrogen (secondary N) is 1. The SMILES string of the molecule is Cc1cc(NC(CN)CO)cc(C)c1Br. The Hall–Kier alpha value is -0.580. The molecule has 1 rings (SSSR count). The summed E-state index contributed by atoms with van der Waals surface area (Å²) in [4.78, 5) is 0. The fourth-order valence-electron chi connectivity index (χ4n) is 1.44. The first-order valence-electron chi connectivity index (χ1n) is 4.92. The predicted molar refractivity (Wildman–Crippen MR) is 67.2 cm³/mol. The number of rotatable bonds is 4. The zero-order chi connectivity index (χ0) is 11.4. The molecule has 3 nitrogen and oxygen atoms in total. The van der Waals surface area contributed by atoms with Gasteiger partial charge in [-0.05, 0) is 37.1 Å². The molecule has 4 heteroatoms. The van der Waals surface area contributed by atoms with Gasteiger partial charge in [0.1, 0.15) is 0 Å². The Morgan fingerprint density at radius 1 is 1.40 bits per heavy atom. The molecule has 0 aromatic heterocycles. The molecule has 0 aliphatic carbocycles. The van der Waals surface area contributed by atoms with Gasteiger partial charge in [0.25, 0.3) is 0 Å². The summed E-state index contributed by atoms with van der Waals surface area (Å²) < 4.78 is 1.13. The van der Waals surface area contributed by atoms with Crippen molar-refractivity contribution in [3.63, 3.8) is 0 Å². The molecule has 15 heavy (non-hydrogen) atoms. The predicted octanol–water partition coefficient (Wildman–Crippen LogP) is 1.80. The molecular weight excluding hydrogens is 256 g/mol. The maximum Gasteiger partial charge on any atom is 0.0645 e. The van der Waals surface area contributed by atoms with Gasteiger partial charge in [0.2, 0.25) is 0 Å². The third kappa shape index (κ3) is 3.19. The molecular formula is C11H17BrN2O. The van der Waals surface area contributed by atoms with E-state index in [0.717, 1.165) is 10.2 Å². The summed E-state index contributed by atoms with van der Waals surface area (Å²) in [5, 5.41) is 12.2. The Morgan fingerprint density at radius 3 is 2.33 bits per heavy atom. The van der Waals surface area contributed by atoms with E-state index in [9.17, 15) is 0 Å². The Labute approximate surface area is 98.8 Å². The zero-order valence-electron chi connectivity index (χ0n) is 9.05. The maximum atomic E-state index is 9.03. The van der Waals surface area contributed by atoms with Crippen molar-refractivity contribution in [1.29, 1.82) is 0 Å². The van der Waals surface area contributed by atoms with Crippen LogP contribution in [0.15, 0.2) is 16.6 Å². The van der Waals surface area contributed by atoms with Crippen molar-refractivity contribution in [2.24, 2.45) is 5.73 Å². The highest BCUT2D eigenvalue weighted by molar-refractivity contribution is 9.10. The van der Waals surface area contributed by atoms with Gasteiger partial charge < -0.3 is 16.2 Å². The third-order valence-corrected chi connectivity index (χ3v) is 3.56. The van der Waals surface area contributed by atoms with Gasteiger partial charge in [-0.25, -0.2) is 0 Å². The smallest absolute Gasteiger partial charge is 0.0645 e. The summed E-state index contributed by atoms with van der Waals surface area (Å²) in [6.07, 6.45) is 0. The summed E-state index contributed by atoms with van der Waals surface area (Å²) in [6, 6.07) is 4.00. The zero-order valence-corrected chi connectivity index (χ0v) is 10.6. The summed E-state index contributed by atoms with van der Waals surface area (Å²) >= 11 is 3.51. The van der Waals surface area contributed by atoms with Crippen LogP contribution >= 0.6 is 15.9 Å². The van der Waals surface area contributed by atoms with Gasteiger partial charge >= 0.3 is 0 Å². The van der Waals surface area contributed by atoms with Crippen LogP contribution in [0.4, 0.5) is 5.69 Å². The first-order valence-corrected chi connectivity index (χ1v) is 5.72. The molecule has 0 saturated carbocycles. The molecule has 84 valence electrons. The van der Waals surface area contributed by atoms with Crippen molar-refractivity contribution in [3.05, 3.63) is 27.7 Å². The summed E-state index contributed by atoms with van der Waals surface area (Å²) in [5.74, 6) is 0. The first-order chi connectivity index (χ1) is 7.08. The number of aliphatic hydroxyl groups is 1. The molecule has 1 aromatic carbocycles. The molecule has 1 unspecified atom stereocenters. The Balaban J connectivity index is 2.87. The van der Waals surface area contributed by atoms with Crippen molar-refractivity contribution in [2.75, 3.05) is 18.5 Å². The average Bonchev–Trinajstić information content (AvgIpc) is 2.22. The fraction of sp³-hybridized carbons (Fsp3) is 0.455. The number of halogens is 1. The molecule has 0 amide bonds. The second-order valence-corrected chi connectivity index (χ2v) is 4.48. The van der Waals surface area contributed by atoms with Crippen LogP contribution in [0.5, 0.6) is 0 Å². The van der Waals surface area contributed by atoms with E-state index in [1.807, 2.05) is 26.0 Å². The minimum absolute atomic E-state index is 0.0463. The lowest BCUT2D eigenvalue weighted by Crippen LogP contribution is -2.32. The molecule has 0 spiro atoms. The molecule has 0 aliphatic rings. The second kappa shape index (κ2) is 5.49. The van der Waals surface area contributed by atoms with Gasteiger partial charge in [-0.15, -0.1) is 0 Å². The summed E-state index contributed by atoms with van der Waals surface area (Å²) in [7, 11) is 0. The standard InChI is InChI=1S/C11H17BrN2O/c1-7-3-9(4-8(2)11(7)12)14-10(5-13)6-15/h3-4,10,14-15H,5-6,13H2,1-2H3. The number of aryl methyl sites for hydroxylation is 2. The molecule has 1 atom stereocenters. The van der Waals surface area contributed by atoms with Crippen molar-refractivity contribution in [2.45, 2.75) is 19.9 Å². The number of aliphatic hydroxyl groups excluding tert-OH is 1. The normalized spacial score (nSPS) is 12.6. The number of benzene rings is 1. The van der Waals surface area contributed by atoms with Gasteiger partial charge in [-0.3, -0.25) is 0 Å². The van der Waals surface area contributed by atoms with Gasteiger partial charge in [0.15, 0.2) is 0 Å². The Morgan fingerprint density at radius 2 is 1.93 bits per heavy atom. The van der Waals surface area contributed by atoms with Crippen LogP contribution in [0.2, 0.25) is 0 Å². The molecule has 0 bridgehead atoms. The quantitative estimate of drug-likeness (QED) is 0.784. The van der Waals surface area contributed by atoms with Crippen LogP contribution in [0, 0.1) is 13.8 Å². The average molecular weight is 273 g/mol. The highest BCUT2D eigenvalue weighted by Crippen LogP contribution is 2.25. The van der Waals surface area contributed by atoms with E-state index in [1.54, 1.807) is 0 Å². The second-order valence-electron chi connectivity index (χ2n) is 3.68. The maximum absolute atomic E-state index is 9.03. The van der Waals surface area contributed by atoms with Crippen molar-refractivity contribution >= 4 is 21.6 Å². The molecule has 0 radical (unpaired) electrons. The van der Waals surface area contributed by atoms with E-state index in [-0.39, 0.29) is 12.6 Å². The van der Waals surface area contributed by atoms with Gasteiger partial charge in [0.05, 0.1) is 12.6 Å².